The lowest BCUT2D eigenvalue weighted by molar-refractivity contribution is 0.844. The van der Waals surface area contributed by atoms with E-state index in [1.165, 1.54) is 0 Å². The first kappa shape index (κ1) is 12.3. The van der Waals surface area contributed by atoms with Crippen molar-refractivity contribution < 1.29 is 0 Å². The van der Waals surface area contributed by atoms with Gasteiger partial charge in [-0.25, -0.2) is 9.97 Å². The molecule has 0 aliphatic heterocycles. The number of thiazole rings is 1. The molecule has 2 heterocycles. The van der Waals surface area contributed by atoms with E-state index in [0.29, 0.717) is 5.15 Å². The van der Waals surface area contributed by atoms with Gasteiger partial charge in [0.05, 0.1) is 22.4 Å². The van der Waals surface area contributed by atoms with Gasteiger partial charge in [0.25, 0.3) is 0 Å². The standard InChI is InChI=1S/C12H14ClN3S/c1-7-4-10(12(13)14-5-7)15-8(2)11-6-17-9(3)16-11/h4-6,8,15H,1-3H3. The lowest BCUT2D eigenvalue weighted by Gasteiger charge is -2.14. The molecule has 0 bridgehead atoms. The van der Waals surface area contributed by atoms with E-state index in [0.717, 1.165) is 22.0 Å². The molecule has 17 heavy (non-hydrogen) atoms. The minimum atomic E-state index is 0.126. The van der Waals surface area contributed by atoms with Crippen molar-refractivity contribution in [3.63, 3.8) is 0 Å². The third-order valence-corrected chi connectivity index (χ3v) is 3.52. The maximum absolute atomic E-state index is 6.04. The van der Waals surface area contributed by atoms with Crippen LogP contribution in [-0.2, 0) is 0 Å². The molecule has 0 saturated heterocycles. The van der Waals surface area contributed by atoms with Crippen LogP contribution in [0.1, 0.15) is 29.2 Å². The molecule has 0 aliphatic carbocycles. The molecule has 0 amide bonds. The summed E-state index contributed by atoms with van der Waals surface area (Å²) in [7, 11) is 0. The molecular weight excluding hydrogens is 254 g/mol. The van der Waals surface area contributed by atoms with Gasteiger partial charge in [-0.05, 0) is 32.4 Å². The normalized spacial score (nSPS) is 12.5. The molecule has 3 nitrogen and oxygen atoms in total. The van der Waals surface area contributed by atoms with Gasteiger partial charge in [-0.15, -0.1) is 11.3 Å². The van der Waals surface area contributed by atoms with Crippen LogP contribution in [0, 0.1) is 13.8 Å². The molecule has 0 saturated carbocycles. The Balaban J connectivity index is 2.18. The maximum Gasteiger partial charge on any atom is 0.152 e. The Bertz CT molecular complexity index is 524. The summed E-state index contributed by atoms with van der Waals surface area (Å²) in [4.78, 5) is 8.57. The number of nitrogens with zero attached hydrogens (tertiary/aromatic N) is 2. The van der Waals surface area contributed by atoms with E-state index in [-0.39, 0.29) is 6.04 Å². The predicted molar refractivity (Wildman–Crippen MR) is 72.9 cm³/mol. The van der Waals surface area contributed by atoms with Crippen molar-refractivity contribution in [2.24, 2.45) is 0 Å². The number of aryl methyl sites for hydroxylation is 2. The van der Waals surface area contributed by atoms with Crippen LogP contribution in [0.4, 0.5) is 5.69 Å². The number of nitrogens with one attached hydrogen (secondary N) is 1. The van der Waals surface area contributed by atoms with Gasteiger partial charge < -0.3 is 5.32 Å². The number of hydrogen-bond acceptors (Lipinski definition) is 4. The average Bonchev–Trinajstić information content (AvgIpc) is 2.70. The fourth-order valence-corrected chi connectivity index (χ4v) is 2.40. The van der Waals surface area contributed by atoms with Crippen molar-refractivity contribution in [2.75, 3.05) is 5.32 Å². The fourth-order valence-electron chi connectivity index (χ4n) is 1.54. The number of pyridine rings is 1. The number of halogens is 1. The highest BCUT2D eigenvalue weighted by molar-refractivity contribution is 7.09. The Morgan fingerprint density at radius 3 is 2.82 bits per heavy atom. The van der Waals surface area contributed by atoms with Gasteiger partial charge in [-0.2, -0.15) is 0 Å². The van der Waals surface area contributed by atoms with E-state index < -0.39 is 0 Å². The molecule has 0 aromatic carbocycles. The van der Waals surface area contributed by atoms with Crippen molar-refractivity contribution >= 4 is 28.6 Å². The molecule has 90 valence electrons. The van der Waals surface area contributed by atoms with E-state index in [2.05, 4.69) is 27.6 Å². The van der Waals surface area contributed by atoms with Crippen LogP contribution >= 0.6 is 22.9 Å². The molecule has 1 atom stereocenters. The predicted octanol–water partition coefficient (Wildman–Crippen LogP) is 3.98. The topological polar surface area (TPSA) is 37.8 Å². The molecule has 0 aliphatic rings. The maximum atomic E-state index is 6.04. The Kier molecular flexibility index (Phi) is 3.64. The van der Waals surface area contributed by atoms with Crippen molar-refractivity contribution in [1.82, 2.24) is 9.97 Å². The van der Waals surface area contributed by atoms with Gasteiger partial charge in [0.1, 0.15) is 0 Å². The average molecular weight is 268 g/mol. The van der Waals surface area contributed by atoms with Gasteiger partial charge in [0, 0.05) is 11.6 Å². The van der Waals surface area contributed by atoms with E-state index >= 15 is 0 Å². The van der Waals surface area contributed by atoms with Crippen molar-refractivity contribution in [3.8, 4) is 0 Å². The Hall–Kier alpha value is -1.13. The second-order valence-electron chi connectivity index (χ2n) is 4.01. The summed E-state index contributed by atoms with van der Waals surface area (Å²) in [5.41, 5.74) is 2.97. The first-order valence-electron chi connectivity index (χ1n) is 5.37. The third-order valence-electron chi connectivity index (χ3n) is 2.43. The van der Waals surface area contributed by atoms with Gasteiger partial charge >= 0.3 is 0 Å². The Labute approximate surface area is 110 Å². The zero-order valence-electron chi connectivity index (χ0n) is 9.99. The van der Waals surface area contributed by atoms with Gasteiger partial charge in [0.2, 0.25) is 0 Å². The second kappa shape index (κ2) is 5.02. The van der Waals surface area contributed by atoms with E-state index in [4.69, 9.17) is 11.6 Å². The van der Waals surface area contributed by atoms with Crippen molar-refractivity contribution in [2.45, 2.75) is 26.8 Å². The molecule has 0 fully saturated rings. The van der Waals surface area contributed by atoms with Crippen LogP contribution in [0.2, 0.25) is 5.15 Å². The van der Waals surface area contributed by atoms with Crippen molar-refractivity contribution in [1.29, 1.82) is 0 Å². The summed E-state index contributed by atoms with van der Waals surface area (Å²) in [6, 6.07) is 2.12. The smallest absolute Gasteiger partial charge is 0.152 e. The number of rotatable bonds is 3. The highest BCUT2D eigenvalue weighted by atomic mass is 35.5. The minimum absolute atomic E-state index is 0.126. The highest BCUT2D eigenvalue weighted by Gasteiger charge is 2.11. The SMILES string of the molecule is Cc1cnc(Cl)c(NC(C)c2csc(C)n2)c1. The zero-order chi connectivity index (χ0) is 12.4. The molecule has 1 unspecified atom stereocenters. The number of anilines is 1. The molecule has 0 spiro atoms. The van der Waals surface area contributed by atoms with E-state index in [9.17, 15) is 0 Å². The third kappa shape index (κ3) is 2.96. The molecule has 2 aromatic heterocycles. The van der Waals surface area contributed by atoms with Crippen molar-refractivity contribution in [3.05, 3.63) is 39.1 Å². The van der Waals surface area contributed by atoms with Gasteiger partial charge in [0.15, 0.2) is 5.15 Å². The lowest BCUT2D eigenvalue weighted by atomic mass is 10.2. The van der Waals surface area contributed by atoms with E-state index in [1.54, 1.807) is 17.5 Å². The quantitative estimate of drug-likeness (QED) is 0.855. The Morgan fingerprint density at radius 1 is 1.41 bits per heavy atom. The largest absolute Gasteiger partial charge is 0.374 e. The fraction of sp³-hybridized carbons (Fsp3) is 0.333. The minimum Gasteiger partial charge on any atom is -0.374 e. The van der Waals surface area contributed by atoms with Crippen LogP contribution in [0.3, 0.4) is 0 Å². The summed E-state index contributed by atoms with van der Waals surface area (Å²) >= 11 is 7.69. The second-order valence-corrected chi connectivity index (χ2v) is 5.43. The first-order chi connectivity index (χ1) is 8.06. The first-order valence-corrected chi connectivity index (χ1v) is 6.62. The van der Waals surface area contributed by atoms with Crippen LogP contribution < -0.4 is 5.32 Å². The van der Waals surface area contributed by atoms with Crippen LogP contribution in [0.15, 0.2) is 17.6 Å². The zero-order valence-corrected chi connectivity index (χ0v) is 11.6. The molecule has 5 heteroatoms. The highest BCUT2D eigenvalue weighted by Crippen LogP contribution is 2.25. The summed E-state index contributed by atoms with van der Waals surface area (Å²) in [6.45, 7) is 6.06. The monoisotopic (exact) mass is 267 g/mol. The molecule has 2 rings (SSSR count). The summed E-state index contributed by atoms with van der Waals surface area (Å²) in [5.74, 6) is 0. The van der Waals surface area contributed by atoms with Crippen LogP contribution in [-0.4, -0.2) is 9.97 Å². The lowest BCUT2D eigenvalue weighted by Crippen LogP contribution is -2.08. The van der Waals surface area contributed by atoms with Gasteiger partial charge in [-0.3, -0.25) is 0 Å². The Morgan fingerprint density at radius 2 is 2.18 bits per heavy atom. The van der Waals surface area contributed by atoms with E-state index in [1.807, 2.05) is 19.9 Å². The number of hydrogen-bond donors (Lipinski definition) is 1. The number of aromatic nitrogens is 2. The molecule has 2 aromatic rings. The summed E-state index contributed by atoms with van der Waals surface area (Å²) in [6.07, 6.45) is 1.76. The summed E-state index contributed by atoms with van der Waals surface area (Å²) < 4.78 is 0. The summed E-state index contributed by atoms with van der Waals surface area (Å²) in [5, 5.41) is 6.96. The molecule has 0 radical (unpaired) electrons. The molecule has 1 N–H and O–H groups in total. The van der Waals surface area contributed by atoms with Gasteiger partial charge in [-0.1, -0.05) is 11.6 Å². The molecular formula is C12H14ClN3S. The van der Waals surface area contributed by atoms with Crippen LogP contribution in [0.25, 0.3) is 0 Å². The van der Waals surface area contributed by atoms with Crippen LogP contribution in [0.5, 0.6) is 0 Å².